The van der Waals surface area contributed by atoms with Crippen molar-refractivity contribution in [3.8, 4) is 0 Å². The highest BCUT2D eigenvalue weighted by Gasteiger charge is 2.26. The topological polar surface area (TPSA) is 18.5 Å². The zero-order chi connectivity index (χ0) is 14.3. The molecule has 1 aliphatic carbocycles. The predicted molar refractivity (Wildman–Crippen MR) is 83.8 cm³/mol. The Labute approximate surface area is 120 Å². The summed E-state index contributed by atoms with van der Waals surface area (Å²) < 4.78 is 12.1. The fourth-order valence-corrected chi connectivity index (χ4v) is 4.93. The standard InChI is InChI=1S/C16H29O2Si/c1-6-12-17-15-8-7-9-16(11-10-15)18-19(13(2)3)14(4)5/h6,10-11,13-16H,1,7-9,12H2,2-5H3/t15-,16+/m0/s1. The van der Waals surface area contributed by atoms with E-state index in [1.165, 1.54) is 6.42 Å². The van der Waals surface area contributed by atoms with E-state index in [4.69, 9.17) is 9.16 Å². The Balaban J connectivity index is 2.52. The van der Waals surface area contributed by atoms with Crippen molar-refractivity contribution in [1.29, 1.82) is 0 Å². The molecule has 0 spiro atoms. The lowest BCUT2D eigenvalue weighted by molar-refractivity contribution is 0.102. The molecule has 0 unspecified atom stereocenters. The summed E-state index contributed by atoms with van der Waals surface area (Å²) in [7, 11) is -0.736. The van der Waals surface area contributed by atoms with Crippen molar-refractivity contribution in [2.24, 2.45) is 0 Å². The van der Waals surface area contributed by atoms with E-state index >= 15 is 0 Å². The molecule has 0 aliphatic heterocycles. The third-order valence-corrected chi connectivity index (χ3v) is 6.22. The Kier molecular flexibility index (Phi) is 7.65. The van der Waals surface area contributed by atoms with Gasteiger partial charge in [-0.3, -0.25) is 0 Å². The summed E-state index contributed by atoms with van der Waals surface area (Å²) in [6, 6.07) is 0. The van der Waals surface area contributed by atoms with E-state index in [2.05, 4.69) is 46.4 Å². The first kappa shape index (κ1) is 16.7. The van der Waals surface area contributed by atoms with Gasteiger partial charge in [0.1, 0.15) is 0 Å². The minimum atomic E-state index is -0.736. The molecule has 2 nitrogen and oxygen atoms in total. The quantitative estimate of drug-likeness (QED) is 0.505. The predicted octanol–water partition coefficient (Wildman–Crippen LogP) is 4.49. The fraction of sp³-hybridized carbons (Fsp3) is 0.750. The molecule has 0 aromatic heterocycles. The van der Waals surface area contributed by atoms with E-state index in [1.807, 2.05) is 6.08 Å². The van der Waals surface area contributed by atoms with Crippen molar-refractivity contribution >= 4 is 9.04 Å². The molecule has 3 heteroatoms. The highest BCUT2D eigenvalue weighted by Crippen LogP contribution is 2.25. The maximum Gasteiger partial charge on any atom is 0.217 e. The van der Waals surface area contributed by atoms with Crippen molar-refractivity contribution in [2.45, 2.75) is 70.2 Å². The van der Waals surface area contributed by atoms with Gasteiger partial charge >= 0.3 is 0 Å². The van der Waals surface area contributed by atoms with Crippen LogP contribution in [0.25, 0.3) is 0 Å². The van der Waals surface area contributed by atoms with Crippen LogP contribution < -0.4 is 0 Å². The van der Waals surface area contributed by atoms with Crippen molar-refractivity contribution < 1.29 is 9.16 Å². The third kappa shape index (κ3) is 6.06. The van der Waals surface area contributed by atoms with Gasteiger partial charge in [-0.2, -0.15) is 0 Å². The van der Waals surface area contributed by atoms with Crippen LogP contribution in [0.15, 0.2) is 24.8 Å². The fourth-order valence-electron chi connectivity index (χ4n) is 2.50. The van der Waals surface area contributed by atoms with Gasteiger partial charge in [-0.05, 0) is 30.3 Å². The second-order valence-corrected chi connectivity index (χ2v) is 9.19. The Morgan fingerprint density at radius 2 is 1.74 bits per heavy atom. The molecule has 0 saturated carbocycles. The van der Waals surface area contributed by atoms with Gasteiger partial charge in [0.25, 0.3) is 0 Å². The minimum absolute atomic E-state index is 0.236. The maximum absolute atomic E-state index is 6.39. The van der Waals surface area contributed by atoms with Crippen molar-refractivity contribution in [2.75, 3.05) is 6.61 Å². The molecule has 0 N–H and O–H groups in total. The van der Waals surface area contributed by atoms with Crippen LogP contribution in [0.1, 0.15) is 47.0 Å². The number of rotatable bonds is 7. The van der Waals surface area contributed by atoms with Crippen LogP contribution in [0.2, 0.25) is 11.1 Å². The van der Waals surface area contributed by atoms with Gasteiger partial charge < -0.3 is 9.16 Å². The molecule has 0 fully saturated rings. The second kappa shape index (κ2) is 8.72. The number of ether oxygens (including phenoxy) is 1. The first-order chi connectivity index (χ1) is 9.04. The van der Waals surface area contributed by atoms with Gasteiger partial charge in [-0.15, -0.1) is 6.58 Å². The Hall–Kier alpha value is -0.383. The summed E-state index contributed by atoms with van der Waals surface area (Å²) in [6.45, 7) is 13.5. The summed E-state index contributed by atoms with van der Waals surface area (Å²) in [5.41, 5.74) is 1.32. The average molecular weight is 281 g/mol. The highest BCUT2D eigenvalue weighted by atomic mass is 28.3. The van der Waals surface area contributed by atoms with Gasteiger partial charge in [0.2, 0.25) is 9.04 Å². The van der Waals surface area contributed by atoms with E-state index in [1.54, 1.807) is 0 Å². The van der Waals surface area contributed by atoms with Crippen molar-refractivity contribution in [3.63, 3.8) is 0 Å². The monoisotopic (exact) mass is 281 g/mol. The molecular weight excluding hydrogens is 252 g/mol. The average Bonchev–Trinajstić information content (AvgIpc) is 2.58. The zero-order valence-corrected chi connectivity index (χ0v) is 13.9. The maximum atomic E-state index is 6.39. The summed E-state index contributed by atoms with van der Waals surface area (Å²) in [5, 5.41) is 0. The van der Waals surface area contributed by atoms with Gasteiger partial charge in [0, 0.05) is 0 Å². The van der Waals surface area contributed by atoms with E-state index < -0.39 is 9.04 Å². The lowest BCUT2D eigenvalue weighted by Gasteiger charge is -2.26. The molecule has 0 aromatic carbocycles. The molecule has 0 heterocycles. The van der Waals surface area contributed by atoms with Crippen LogP contribution >= 0.6 is 0 Å². The first-order valence-corrected chi connectivity index (χ1v) is 9.05. The normalized spacial score (nSPS) is 24.2. The third-order valence-electron chi connectivity index (χ3n) is 3.37. The van der Waals surface area contributed by atoms with Gasteiger partial charge in [-0.25, -0.2) is 0 Å². The van der Waals surface area contributed by atoms with Crippen molar-refractivity contribution in [1.82, 2.24) is 0 Å². The molecule has 2 atom stereocenters. The second-order valence-electron chi connectivity index (χ2n) is 5.84. The van der Waals surface area contributed by atoms with Crippen LogP contribution in [0.3, 0.4) is 0 Å². The largest absolute Gasteiger partial charge is 0.410 e. The van der Waals surface area contributed by atoms with Gasteiger partial charge in [-0.1, -0.05) is 45.9 Å². The van der Waals surface area contributed by atoms with E-state index in [0.717, 1.165) is 12.8 Å². The van der Waals surface area contributed by atoms with Gasteiger partial charge in [0.05, 0.1) is 18.8 Å². The van der Waals surface area contributed by atoms with Crippen LogP contribution in [0, 0.1) is 0 Å². The number of hydrogen-bond acceptors (Lipinski definition) is 2. The zero-order valence-electron chi connectivity index (χ0n) is 12.9. The van der Waals surface area contributed by atoms with Crippen molar-refractivity contribution in [3.05, 3.63) is 24.8 Å². The molecular formula is C16H29O2Si. The molecule has 0 saturated heterocycles. The van der Waals surface area contributed by atoms with E-state index in [-0.39, 0.29) is 12.2 Å². The van der Waals surface area contributed by atoms with E-state index in [0.29, 0.717) is 17.7 Å². The number of hydrogen-bond donors (Lipinski definition) is 0. The summed E-state index contributed by atoms with van der Waals surface area (Å²) in [6.07, 6.45) is 10.1. The van der Waals surface area contributed by atoms with Crippen LogP contribution in [0.4, 0.5) is 0 Å². The Bertz CT molecular complexity index is 278. The summed E-state index contributed by atoms with van der Waals surface area (Å²) >= 11 is 0. The highest BCUT2D eigenvalue weighted by molar-refractivity contribution is 6.55. The van der Waals surface area contributed by atoms with Crippen LogP contribution in [0.5, 0.6) is 0 Å². The Morgan fingerprint density at radius 1 is 1.16 bits per heavy atom. The molecule has 0 bridgehead atoms. The van der Waals surface area contributed by atoms with Gasteiger partial charge in [0.15, 0.2) is 0 Å². The Morgan fingerprint density at radius 3 is 2.32 bits per heavy atom. The molecule has 1 rings (SSSR count). The summed E-state index contributed by atoms with van der Waals surface area (Å²) in [5.74, 6) is 0. The minimum Gasteiger partial charge on any atom is -0.410 e. The summed E-state index contributed by atoms with van der Waals surface area (Å²) in [4.78, 5) is 0. The molecule has 109 valence electrons. The molecule has 1 aliphatic rings. The molecule has 0 amide bonds. The van der Waals surface area contributed by atoms with Crippen LogP contribution in [-0.2, 0) is 9.16 Å². The smallest absolute Gasteiger partial charge is 0.217 e. The molecule has 19 heavy (non-hydrogen) atoms. The molecule has 1 radical (unpaired) electrons. The lowest BCUT2D eigenvalue weighted by atomic mass is 10.2. The first-order valence-electron chi connectivity index (χ1n) is 7.48. The lowest BCUT2D eigenvalue weighted by Crippen LogP contribution is -2.30. The van der Waals surface area contributed by atoms with E-state index in [9.17, 15) is 0 Å². The SMILES string of the molecule is C=CCO[C@@H]1C=C[C@H](O[Si](C(C)C)C(C)C)CCC1. The molecule has 0 aromatic rings. The van der Waals surface area contributed by atoms with Crippen LogP contribution in [-0.4, -0.2) is 27.9 Å².